The molecule has 0 aromatic rings. The highest BCUT2D eigenvalue weighted by atomic mass is 35.5. The third-order valence-electron chi connectivity index (χ3n) is 1.26. The van der Waals surface area contributed by atoms with Crippen LogP contribution in [0.3, 0.4) is 0 Å². The van der Waals surface area contributed by atoms with Crippen LogP contribution in [0.25, 0.3) is 0 Å². The van der Waals surface area contributed by atoms with Crippen molar-refractivity contribution in [2.24, 2.45) is 0 Å². The largest absolute Gasteiger partial charge is 0.364 e. The number of thiocarbonyl (C=S) groups is 1. The van der Waals surface area contributed by atoms with Gasteiger partial charge in [-0.3, -0.25) is 0 Å². The van der Waals surface area contributed by atoms with E-state index >= 15 is 0 Å². The first-order valence-corrected chi connectivity index (χ1v) is 4.48. The van der Waals surface area contributed by atoms with E-state index in [2.05, 4.69) is 0 Å². The van der Waals surface area contributed by atoms with E-state index in [-0.39, 0.29) is 0 Å². The SMILES string of the molecule is CCN(CC)C(=S)C(Cl)Cl. The Bertz CT molecular complexity index is 112. The van der Waals surface area contributed by atoms with Gasteiger partial charge < -0.3 is 4.90 Å². The molecule has 0 aromatic carbocycles. The van der Waals surface area contributed by atoms with Crippen LogP contribution in [0.15, 0.2) is 0 Å². The predicted octanol–water partition coefficient (Wildman–Crippen LogP) is 2.46. The van der Waals surface area contributed by atoms with E-state index in [4.69, 9.17) is 35.4 Å². The molecule has 0 bridgehead atoms. The second-order valence-electron chi connectivity index (χ2n) is 1.81. The number of alkyl halides is 2. The summed E-state index contributed by atoms with van der Waals surface area (Å²) < 4.78 is 0. The fourth-order valence-corrected chi connectivity index (χ4v) is 1.21. The number of hydrogen-bond acceptors (Lipinski definition) is 1. The van der Waals surface area contributed by atoms with Crippen LogP contribution in [-0.2, 0) is 0 Å². The van der Waals surface area contributed by atoms with Crippen LogP contribution >= 0.6 is 35.4 Å². The Labute approximate surface area is 77.3 Å². The normalized spacial score (nSPS) is 10.1. The topological polar surface area (TPSA) is 3.24 Å². The summed E-state index contributed by atoms with van der Waals surface area (Å²) in [6.45, 7) is 5.77. The molecule has 0 unspecified atom stereocenters. The van der Waals surface area contributed by atoms with Gasteiger partial charge in [-0.1, -0.05) is 35.4 Å². The molecule has 0 saturated heterocycles. The molecular formula is C6H11Cl2NS. The zero-order valence-electron chi connectivity index (χ0n) is 6.10. The van der Waals surface area contributed by atoms with E-state index in [0.717, 1.165) is 13.1 Å². The average molecular weight is 200 g/mol. The van der Waals surface area contributed by atoms with Gasteiger partial charge in [0.25, 0.3) is 0 Å². The number of halogens is 2. The van der Waals surface area contributed by atoms with Crippen LogP contribution in [0, 0.1) is 0 Å². The predicted molar refractivity (Wildman–Crippen MR) is 51.0 cm³/mol. The van der Waals surface area contributed by atoms with Crippen molar-refractivity contribution in [1.29, 1.82) is 0 Å². The lowest BCUT2D eigenvalue weighted by Crippen LogP contribution is -2.32. The molecule has 0 aromatic heterocycles. The molecule has 0 aliphatic carbocycles. The van der Waals surface area contributed by atoms with Crippen LogP contribution in [-0.4, -0.2) is 27.8 Å². The Hall–Kier alpha value is 0.470. The molecule has 0 heterocycles. The third-order valence-corrected chi connectivity index (χ3v) is 2.43. The number of nitrogens with zero attached hydrogens (tertiary/aromatic N) is 1. The van der Waals surface area contributed by atoms with Crippen molar-refractivity contribution in [2.75, 3.05) is 13.1 Å². The van der Waals surface area contributed by atoms with Crippen molar-refractivity contribution in [3.05, 3.63) is 0 Å². The van der Waals surface area contributed by atoms with Crippen molar-refractivity contribution in [3.8, 4) is 0 Å². The quantitative estimate of drug-likeness (QED) is 0.508. The summed E-state index contributed by atoms with van der Waals surface area (Å²) >= 11 is 16.1. The summed E-state index contributed by atoms with van der Waals surface area (Å²) in [7, 11) is 0. The summed E-state index contributed by atoms with van der Waals surface area (Å²) in [5, 5.41) is 0. The van der Waals surface area contributed by atoms with Gasteiger partial charge in [-0.05, 0) is 13.8 Å². The lowest BCUT2D eigenvalue weighted by molar-refractivity contribution is 0.470. The van der Waals surface area contributed by atoms with Crippen LogP contribution in [0.2, 0.25) is 0 Å². The molecule has 0 spiro atoms. The van der Waals surface area contributed by atoms with Gasteiger partial charge in [0.15, 0.2) is 4.84 Å². The molecule has 0 aliphatic heterocycles. The highest BCUT2D eigenvalue weighted by molar-refractivity contribution is 7.80. The minimum absolute atomic E-state index is 0.546. The second-order valence-corrected chi connectivity index (χ2v) is 3.33. The fourth-order valence-electron chi connectivity index (χ4n) is 0.673. The van der Waals surface area contributed by atoms with Gasteiger partial charge >= 0.3 is 0 Å². The summed E-state index contributed by atoms with van der Waals surface area (Å²) in [5.74, 6) is 0. The second kappa shape index (κ2) is 5.16. The molecule has 1 nitrogen and oxygen atoms in total. The van der Waals surface area contributed by atoms with Gasteiger partial charge in [-0.2, -0.15) is 0 Å². The summed E-state index contributed by atoms with van der Waals surface area (Å²) in [4.78, 5) is 2.03. The molecule has 0 N–H and O–H groups in total. The fraction of sp³-hybridized carbons (Fsp3) is 0.833. The third kappa shape index (κ3) is 3.04. The minimum Gasteiger partial charge on any atom is -0.364 e. The first-order valence-electron chi connectivity index (χ1n) is 3.20. The molecule has 0 rings (SSSR count). The van der Waals surface area contributed by atoms with Crippen LogP contribution in [0.5, 0.6) is 0 Å². The Morgan fingerprint density at radius 3 is 1.90 bits per heavy atom. The van der Waals surface area contributed by atoms with Crippen molar-refractivity contribution in [2.45, 2.75) is 18.7 Å². The molecule has 4 heteroatoms. The summed E-state index contributed by atoms with van der Waals surface area (Å²) in [6, 6.07) is 0. The van der Waals surface area contributed by atoms with E-state index in [1.807, 2.05) is 18.7 Å². The maximum absolute atomic E-state index is 5.56. The van der Waals surface area contributed by atoms with Gasteiger partial charge in [0.1, 0.15) is 4.99 Å². The number of hydrogen-bond donors (Lipinski definition) is 0. The maximum atomic E-state index is 5.56. The molecule has 0 amide bonds. The standard InChI is InChI=1S/C6H11Cl2NS/c1-3-9(4-2)6(10)5(7)8/h5H,3-4H2,1-2H3. The molecule has 0 atom stereocenters. The molecule has 0 radical (unpaired) electrons. The Morgan fingerprint density at radius 2 is 1.80 bits per heavy atom. The minimum atomic E-state index is -0.546. The molecule has 10 heavy (non-hydrogen) atoms. The number of rotatable bonds is 3. The van der Waals surface area contributed by atoms with Gasteiger partial charge in [-0.25, -0.2) is 0 Å². The van der Waals surface area contributed by atoms with Crippen molar-refractivity contribution < 1.29 is 0 Å². The molecule has 0 saturated carbocycles. The zero-order valence-corrected chi connectivity index (χ0v) is 8.43. The van der Waals surface area contributed by atoms with Crippen molar-refractivity contribution in [1.82, 2.24) is 4.90 Å². The van der Waals surface area contributed by atoms with E-state index in [1.165, 1.54) is 0 Å². The van der Waals surface area contributed by atoms with Crippen LogP contribution < -0.4 is 0 Å². The smallest absolute Gasteiger partial charge is 0.157 e. The first-order chi connectivity index (χ1) is 4.63. The average Bonchev–Trinajstić information content (AvgIpc) is 1.90. The monoisotopic (exact) mass is 199 g/mol. The van der Waals surface area contributed by atoms with Crippen LogP contribution in [0.4, 0.5) is 0 Å². The van der Waals surface area contributed by atoms with Gasteiger partial charge in [0.2, 0.25) is 0 Å². The van der Waals surface area contributed by atoms with Gasteiger partial charge in [0, 0.05) is 13.1 Å². The zero-order chi connectivity index (χ0) is 8.15. The lowest BCUT2D eigenvalue weighted by atomic mass is 10.5. The molecule has 60 valence electrons. The molecular weight excluding hydrogens is 189 g/mol. The Balaban J connectivity index is 3.89. The van der Waals surface area contributed by atoms with E-state index in [9.17, 15) is 0 Å². The van der Waals surface area contributed by atoms with Crippen molar-refractivity contribution in [3.63, 3.8) is 0 Å². The summed E-state index contributed by atoms with van der Waals surface area (Å²) in [5.41, 5.74) is 0. The Kier molecular flexibility index (Phi) is 5.41. The van der Waals surface area contributed by atoms with Crippen molar-refractivity contribution >= 4 is 40.4 Å². The molecule has 0 fully saturated rings. The lowest BCUT2D eigenvalue weighted by Gasteiger charge is -2.21. The van der Waals surface area contributed by atoms with E-state index in [1.54, 1.807) is 0 Å². The molecule has 0 aliphatic rings. The summed E-state index contributed by atoms with van der Waals surface area (Å²) in [6.07, 6.45) is 0. The van der Waals surface area contributed by atoms with E-state index < -0.39 is 4.84 Å². The highest BCUT2D eigenvalue weighted by Crippen LogP contribution is 2.08. The Morgan fingerprint density at radius 1 is 1.40 bits per heavy atom. The van der Waals surface area contributed by atoms with Gasteiger partial charge in [-0.15, -0.1) is 0 Å². The van der Waals surface area contributed by atoms with Crippen LogP contribution in [0.1, 0.15) is 13.8 Å². The van der Waals surface area contributed by atoms with E-state index in [0.29, 0.717) is 4.99 Å². The maximum Gasteiger partial charge on any atom is 0.157 e. The van der Waals surface area contributed by atoms with Gasteiger partial charge in [0.05, 0.1) is 0 Å². The first kappa shape index (κ1) is 10.5. The highest BCUT2D eigenvalue weighted by Gasteiger charge is 2.11.